The summed E-state index contributed by atoms with van der Waals surface area (Å²) in [5.41, 5.74) is 2.78. The molecule has 1 N–H and O–H groups in total. The second kappa shape index (κ2) is 9.66. The number of aromatic nitrogens is 5. The molecule has 37 heavy (non-hydrogen) atoms. The Morgan fingerprint density at radius 3 is 2.65 bits per heavy atom. The first kappa shape index (κ1) is 25.0. The Kier molecular flexibility index (Phi) is 6.53. The van der Waals surface area contributed by atoms with E-state index in [2.05, 4.69) is 20.7 Å². The van der Waals surface area contributed by atoms with Gasteiger partial charge in [0.1, 0.15) is 5.69 Å². The fourth-order valence-electron chi connectivity index (χ4n) is 4.14. The molecule has 4 aromatic rings. The number of alkyl halides is 3. The Labute approximate surface area is 216 Å². The molecule has 1 fully saturated rings. The second-order valence-corrected chi connectivity index (χ2v) is 9.74. The maximum Gasteiger partial charge on any atom is 0.416 e. The van der Waals surface area contributed by atoms with Gasteiger partial charge in [0.2, 0.25) is 0 Å². The lowest BCUT2D eigenvalue weighted by molar-refractivity contribution is -0.137. The maximum absolute atomic E-state index is 13.5. The first-order chi connectivity index (χ1) is 17.6. The van der Waals surface area contributed by atoms with Crippen LogP contribution in [-0.4, -0.2) is 30.7 Å². The number of benzene rings is 2. The molecule has 11 heteroatoms. The Morgan fingerprint density at radius 2 is 1.97 bits per heavy atom. The zero-order valence-electron chi connectivity index (χ0n) is 20.2. The molecule has 2 aromatic carbocycles. The zero-order valence-corrected chi connectivity index (χ0v) is 20.9. The molecule has 0 unspecified atom stereocenters. The van der Waals surface area contributed by atoms with Gasteiger partial charge in [-0.2, -0.15) is 18.3 Å². The Morgan fingerprint density at radius 1 is 1.19 bits per heavy atom. The summed E-state index contributed by atoms with van der Waals surface area (Å²) >= 11 is 6.38. The molecule has 1 aliphatic carbocycles. The minimum atomic E-state index is -4.51. The Bertz CT molecular complexity index is 1470. The fraction of sp³-hybridized carbons (Fsp3) is 0.308. The van der Waals surface area contributed by atoms with Crippen molar-refractivity contribution in [2.24, 2.45) is 13.0 Å². The molecular weight excluding hydrogens is 505 g/mol. The summed E-state index contributed by atoms with van der Waals surface area (Å²) in [6.07, 6.45) is 2.46. The third-order valence-corrected chi connectivity index (χ3v) is 6.90. The van der Waals surface area contributed by atoms with Crippen molar-refractivity contribution in [3.05, 3.63) is 76.2 Å². The lowest BCUT2D eigenvalue weighted by atomic mass is 10.0. The molecule has 7 nitrogen and oxygen atoms in total. The fourth-order valence-corrected chi connectivity index (χ4v) is 4.34. The molecule has 192 valence electrons. The van der Waals surface area contributed by atoms with Crippen LogP contribution in [0.2, 0.25) is 5.02 Å². The third kappa shape index (κ3) is 5.53. The monoisotopic (exact) mass is 528 g/mol. The summed E-state index contributed by atoms with van der Waals surface area (Å²) in [4.78, 5) is 13.0. The number of amides is 1. The van der Waals surface area contributed by atoms with E-state index in [1.807, 2.05) is 14.0 Å². The van der Waals surface area contributed by atoms with E-state index in [0.29, 0.717) is 34.3 Å². The normalized spacial score (nSPS) is 13.7. The van der Waals surface area contributed by atoms with Crippen LogP contribution in [-0.2, 0) is 19.6 Å². The molecule has 2 heterocycles. The second-order valence-electron chi connectivity index (χ2n) is 9.33. The number of nitrogens with one attached hydrogen (secondary N) is 1. The van der Waals surface area contributed by atoms with Crippen LogP contribution < -0.4 is 5.32 Å². The van der Waals surface area contributed by atoms with Crippen LogP contribution in [0.4, 0.5) is 18.9 Å². The standard InChI is InChI=1S/C26H24ClF3N6O/c1-15-21(13-31-35(15)2)23-14-36(34-33-23)24-11-18(7-8-22(24)27)25(37)32-20-10-17(6-5-16-3-4-16)9-19(12-20)26(28,29)30/h7-14,16H,3-6H2,1-2H3,(H,32,37). The summed E-state index contributed by atoms with van der Waals surface area (Å²) in [6, 6.07) is 8.28. The van der Waals surface area contributed by atoms with Gasteiger partial charge >= 0.3 is 6.18 Å². The molecular formula is C26H24ClF3N6O. The Hall–Kier alpha value is -3.66. The van der Waals surface area contributed by atoms with E-state index >= 15 is 0 Å². The van der Waals surface area contributed by atoms with E-state index in [-0.39, 0.29) is 11.3 Å². The van der Waals surface area contributed by atoms with Gasteiger partial charge in [0.05, 0.1) is 28.7 Å². The van der Waals surface area contributed by atoms with Crippen LogP contribution in [0.25, 0.3) is 16.9 Å². The molecule has 0 radical (unpaired) electrons. The molecule has 0 saturated heterocycles. The summed E-state index contributed by atoms with van der Waals surface area (Å²) in [5.74, 6) is 0.0215. The topological polar surface area (TPSA) is 77.6 Å². The highest BCUT2D eigenvalue weighted by molar-refractivity contribution is 6.32. The highest BCUT2D eigenvalue weighted by atomic mass is 35.5. The predicted molar refractivity (Wildman–Crippen MR) is 134 cm³/mol. The predicted octanol–water partition coefficient (Wildman–Crippen LogP) is 6.24. The zero-order chi connectivity index (χ0) is 26.3. The number of halogens is 4. The van der Waals surface area contributed by atoms with E-state index < -0.39 is 17.6 Å². The maximum atomic E-state index is 13.5. The number of hydrogen-bond donors (Lipinski definition) is 1. The number of rotatable bonds is 7. The van der Waals surface area contributed by atoms with Gasteiger partial charge in [-0.25, -0.2) is 4.68 Å². The molecule has 5 rings (SSSR count). The lowest BCUT2D eigenvalue weighted by Gasteiger charge is -2.14. The highest BCUT2D eigenvalue weighted by Gasteiger charge is 2.31. The molecule has 0 bridgehead atoms. The van der Waals surface area contributed by atoms with Crippen LogP contribution in [0.15, 0.2) is 48.8 Å². The van der Waals surface area contributed by atoms with Gasteiger partial charge in [0.25, 0.3) is 5.91 Å². The van der Waals surface area contributed by atoms with Crippen LogP contribution in [0.5, 0.6) is 0 Å². The summed E-state index contributed by atoms with van der Waals surface area (Å²) in [6.45, 7) is 1.91. The van der Waals surface area contributed by atoms with Crippen molar-refractivity contribution >= 4 is 23.2 Å². The van der Waals surface area contributed by atoms with E-state index in [4.69, 9.17) is 11.6 Å². The van der Waals surface area contributed by atoms with Gasteiger partial charge < -0.3 is 5.32 Å². The van der Waals surface area contributed by atoms with Crippen LogP contribution in [0.1, 0.15) is 46.4 Å². The number of aryl methyl sites for hydroxylation is 2. The highest BCUT2D eigenvalue weighted by Crippen LogP contribution is 2.36. The van der Waals surface area contributed by atoms with Crippen LogP contribution in [0, 0.1) is 12.8 Å². The van der Waals surface area contributed by atoms with E-state index in [1.165, 1.54) is 22.9 Å². The number of carbonyl (C=O) groups excluding carboxylic acids is 1. The average Bonchev–Trinajstić information content (AvgIpc) is 3.46. The van der Waals surface area contributed by atoms with Crippen molar-refractivity contribution < 1.29 is 18.0 Å². The van der Waals surface area contributed by atoms with E-state index in [1.54, 1.807) is 23.1 Å². The summed E-state index contributed by atoms with van der Waals surface area (Å²) < 4.78 is 43.7. The van der Waals surface area contributed by atoms with Crippen molar-refractivity contribution in [1.29, 1.82) is 0 Å². The lowest BCUT2D eigenvalue weighted by Crippen LogP contribution is -2.14. The minimum Gasteiger partial charge on any atom is -0.322 e. The summed E-state index contributed by atoms with van der Waals surface area (Å²) in [7, 11) is 1.82. The quantitative estimate of drug-likeness (QED) is 0.308. The first-order valence-corrected chi connectivity index (χ1v) is 12.2. The molecule has 1 amide bonds. The van der Waals surface area contributed by atoms with Crippen molar-refractivity contribution in [3.8, 4) is 16.9 Å². The van der Waals surface area contributed by atoms with Gasteiger partial charge in [-0.15, -0.1) is 5.10 Å². The first-order valence-electron chi connectivity index (χ1n) is 11.8. The molecule has 0 aliphatic heterocycles. The smallest absolute Gasteiger partial charge is 0.322 e. The van der Waals surface area contributed by atoms with Crippen LogP contribution >= 0.6 is 11.6 Å². The SMILES string of the molecule is Cc1c(-c2cn(-c3cc(C(=O)Nc4cc(CCC5CC5)cc(C(F)(F)F)c4)ccc3Cl)nn2)cnn1C. The largest absolute Gasteiger partial charge is 0.416 e. The van der Waals surface area contributed by atoms with Gasteiger partial charge in [0, 0.05) is 29.6 Å². The van der Waals surface area contributed by atoms with E-state index in [0.717, 1.165) is 42.7 Å². The van der Waals surface area contributed by atoms with Crippen molar-refractivity contribution in [3.63, 3.8) is 0 Å². The minimum absolute atomic E-state index is 0.0946. The molecule has 2 aromatic heterocycles. The van der Waals surface area contributed by atoms with Gasteiger partial charge in [-0.3, -0.25) is 9.48 Å². The molecule has 1 aliphatic rings. The Balaban J connectivity index is 1.40. The van der Waals surface area contributed by atoms with E-state index in [9.17, 15) is 18.0 Å². The third-order valence-electron chi connectivity index (χ3n) is 6.58. The number of hydrogen-bond acceptors (Lipinski definition) is 4. The molecule has 0 spiro atoms. The van der Waals surface area contributed by atoms with Gasteiger partial charge in [0.15, 0.2) is 0 Å². The van der Waals surface area contributed by atoms with Crippen molar-refractivity contribution in [2.75, 3.05) is 5.32 Å². The number of nitrogens with zero attached hydrogens (tertiary/aromatic N) is 5. The van der Waals surface area contributed by atoms with Gasteiger partial charge in [-0.1, -0.05) is 29.7 Å². The van der Waals surface area contributed by atoms with Crippen LogP contribution in [0.3, 0.4) is 0 Å². The molecule has 0 atom stereocenters. The number of carbonyl (C=O) groups is 1. The average molecular weight is 529 g/mol. The summed E-state index contributed by atoms with van der Waals surface area (Å²) in [5, 5.41) is 15.5. The van der Waals surface area contributed by atoms with Gasteiger partial charge in [-0.05, 0) is 67.6 Å². The van der Waals surface area contributed by atoms with Crippen molar-refractivity contribution in [2.45, 2.75) is 38.8 Å². The number of anilines is 1. The molecule has 1 saturated carbocycles. The van der Waals surface area contributed by atoms with Crippen molar-refractivity contribution in [1.82, 2.24) is 24.8 Å².